The van der Waals surface area contributed by atoms with E-state index in [0.717, 1.165) is 19.8 Å². The van der Waals surface area contributed by atoms with E-state index in [4.69, 9.17) is 11.6 Å². The molecule has 0 amide bonds. The summed E-state index contributed by atoms with van der Waals surface area (Å²) in [6.45, 7) is 1.28. The third kappa shape index (κ3) is 3.55. The summed E-state index contributed by atoms with van der Waals surface area (Å²) < 4.78 is 28.3. The van der Waals surface area contributed by atoms with Crippen molar-refractivity contribution in [1.29, 1.82) is 5.26 Å². The second-order valence-electron chi connectivity index (χ2n) is 7.47. The van der Waals surface area contributed by atoms with Gasteiger partial charge in [-0.3, -0.25) is 0 Å². The Morgan fingerprint density at radius 2 is 2.10 bits per heavy atom. The van der Waals surface area contributed by atoms with Gasteiger partial charge in [0.15, 0.2) is 5.65 Å². The molecule has 2 aromatic heterocycles. The monoisotopic (exact) mass is 429 g/mol. The van der Waals surface area contributed by atoms with Gasteiger partial charge in [-0.25, -0.2) is 15.0 Å². The van der Waals surface area contributed by atoms with Crippen molar-refractivity contribution in [2.24, 2.45) is 0 Å². The maximum absolute atomic E-state index is 14.1. The summed E-state index contributed by atoms with van der Waals surface area (Å²) in [5.74, 6) is -2.88. The van der Waals surface area contributed by atoms with Crippen LogP contribution in [0.5, 0.6) is 0 Å². The summed E-state index contributed by atoms with van der Waals surface area (Å²) >= 11 is 6.28. The van der Waals surface area contributed by atoms with E-state index in [1.807, 2.05) is 0 Å². The topological polar surface area (TPSA) is 94.7 Å². The predicted octanol–water partition coefficient (Wildman–Crippen LogP) is 4.32. The molecule has 2 heterocycles. The average molecular weight is 430 g/mol. The minimum Gasteiger partial charge on any atom is -0.387 e. The first kappa shape index (κ1) is 20.4. The minimum atomic E-state index is -3.34. The zero-order valence-electron chi connectivity index (χ0n) is 16.0. The van der Waals surface area contributed by atoms with Crippen molar-refractivity contribution in [2.75, 3.05) is 5.32 Å². The Morgan fingerprint density at radius 3 is 2.77 bits per heavy atom. The fraction of sp³-hybridized carbons (Fsp3) is 0.333. The van der Waals surface area contributed by atoms with Crippen molar-refractivity contribution in [3.63, 3.8) is 0 Å². The largest absolute Gasteiger partial charge is 0.387 e. The third-order valence-electron chi connectivity index (χ3n) is 5.35. The van der Waals surface area contributed by atoms with E-state index >= 15 is 0 Å². The Hall–Kier alpha value is -2.89. The molecule has 1 aliphatic carbocycles. The average Bonchev–Trinajstić information content (AvgIpc) is 3.53. The molecule has 0 radical (unpaired) electrons. The molecule has 6 nitrogen and oxygen atoms in total. The molecule has 30 heavy (non-hydrogen) atoms. The molecule has 0 aliphatic heterocycles. The summed E-state index contributed by atoms with van der Waals surface area (Å²) in [7, 11) is 0. The Bertz CT molecular complexity index is 1160. The Morgan fingerprint density at radius 1 is 1.33 bits per heavy atom. The van der Waals surface area contributed by atoms with Gasteiger partial charge >= 0.3 is 0 Å². The summed E-state index contributed by atoms with van der Waals surface area (Å²) in [5.41, 5.74) is 0.744. The second-order valence-corrected chi connectivity index (χ2v) is 7.82. The van der Waals surface area contributed by atoms with Crippen molar-refractivity contribution < 1.29 is 13.9 Å². The first-order valence-corrected chi connectivity index (χ1v) is 9.77. The Kier molecular flexibility index (Phi) is 5.04. The molecule has 0 saturated heterocycles. The van der Waals surface area contributed by atoms with Gasteiger partial charge in [-0.1, -0.05) is 29.8 Å². The van der Waals surface area contributed by atoms with Crippen LogP contribution in [0.1, 0.15) is 36.5 Å². The lowest BCUT2D eigenvalue weighted by molar-refractivity contribution is -0.106. The van der Waals surface area contributed by atoms with E-state index < -0.39 is 17.4 Å². The fourth-order valence-corrected chi connectivity index (χ4v) is 3.64. The predicted molar refractivity (Wildman–Crippen MR) is 108 cm³/mol. The van der Waals surface area contributed by atoms with Gasteiger partial charge in [0.25, 0.3) is 5.92 Å². The van der Waals surface area contributed by atoms with Crippen LogP contribution < -0.4 is 5.32 Å². The standard InChI is InChI=1S/C21H18ClF2N5O/c1-12(30)21(23,24)14-4-2-3-13(7-14)9-26-18-15-8-16(20(10-25)5-6-20)17(22)29-19(15)28-11-27-18/h2-4,7-8,11-12,30H,5-6,9H2,1H3,(H,26,27,28,29). The molecule has 0 spiro atoms. The number of aromatic nitrogens is 3. The van der Waals surface area contributed by atoms with Crippen molar-refractivity contribution in [1.82, 2.24) is 15.0 Å². The maximum Gasteiger partial charge on any atom is 0.298 e. The quantitative estimate of drug-likeness (QED) is 0.567. The molecule has 1 saturated carbocycles. The number of rotatable bonds is 6. The van der Waals surface area contributed by atoms with E-state index in [1.165, 1.54) is 24.5 Å². The number of nitriles is 1. The van der Waals surface area contributed by atoms with Crippen molar-refractivity contribution in [2.45, 2.75) is 43.8 Å². The number of nitrogens with one attached hydrogen (secondary N) is 1. The van der Waals surface area contributed by atoms with Gasteiger partial charge in [-0.15, -0.1) is 0 Å². The molecule has 9 heteroatoms. The van der Waals surface area contributed by atoms with E-state index in [0.29, 0.717) is 28.0 Å². The van der Waals surface area contributed by atoms with Crippen LogP contribution in [0.15, 0.2) is 36.7 Å². The minimum absolute atomic E-state index is 0.219. The molecule has 154 valence electrons. The van der Waals surface area contributed by atoms with Gasteiger partial charge in [0.2, 0.25) is 0 Å². The molecule has 1 aromatic carbocycles. The highest BCUT2D eigenvalue weighted by Gasteiger charge is 2.47. The zero-order valence-corrected chi connectivity index (χ0v) is 16.8. The number of pyridine rings is 1. The van der Waals surface area contributed by atoms with E-state index in [2.05, 4.69) is 26.3 Å². The SMILES string of the molecule is CC(O)C(F)(F)c1cccc(CNc2ncnc3nc(Cl)c(C4(C#N)CC4)cc23)c1. The first-order valence-electron chi connectivity index (χ1n) is 9.39. The van der Waals surface area contributed by atoms with Gasteiger partial charge in [0, 0.05) is 17.7 Å². The lowest BCUT2D eigenvalue weighted by Crippen LogP contribution is -2.28. The number of hydrogen-bond acceptors (Lipinski definition) is 6. The molecule has 1 atom stereocenters. The van der Waals surface area contributed by atoms with Gasteiger partial charge in [-0.2, -0.15) is 14.0 Å². The molecule has 0 bridgehead atoms. The number of hydrogen-bond donors (Lipinski definition) is 2. The highest BCUT2D eigenvalue weighted by molar-refractivity contribution is 6.30. The van der Waals surface area contributed by atoms with Crippen LogP contribution in [0.2, 0.25) is 5.15 Å². The number of halogens is 3. The molecule has 1 fully saturated rings. The maximum atomic E-state index is 14.1. The smallest absolute Gasteiger partial charge is 0.298 e. The van der Waals surface area contributed by atoms with Crippen LogP contribution in [0.3, 0.4) is 0 Å². The molecule has 1 unspecified atom stereocenters. The number of aliphatic hydroxyl groups excluding tert-OH is 1. The van der Waals surface area contributed by atoms with Gasteiger partial charge in [0.05, 0.1) is 16.9 Å². The molecule has 1 aliphatic rings. The normalized spacial score (nSPS) is 16.1. The van der Waals surface area contributed by atoms with E-state index in [-0.39, 0.29) is 17.3 Å². The number of anilines is 1. The summed E-state index contributed by atoms with van der Waals surface area (Å²) in [4.78, 5) is 12.7. The second kappa shape index (κ2) is 7.42. The highest BCUT2D eigenvalue weighted by atomic mass is 35.5. The highest BCUT2D eigenvalue weighted by Crippen LogP contribution is 2.50. The number of alkyl halides is 2. The van der Waals surface area contributed by atoms with Crippen LogP contribution in [0, 0.1) is 11.3 Å². The molecule has 2 N–H and O–H groups in total. The molecule has 3 aromatic rings. The van der Waals surface area contributed by atoms with Crippen molar-refractivity contribution in [3.05, 3.63) is 58.5 Å². The Labute approximate surface area is 176 Å². The van der Waals surface area contributed by atoms with Gasteiger partial charge < -0.3 is 10.4 Å². The van der Waals surface area contributed by atoms with Gasteiger partial charge in [0.1, 0.15) is 23.4 Å². The van der Waals surface area contributed by atoms with Crippen LogP contribution in [-0.4, -0.2) is 26.2 Å². The van der Waals surface area contributed by atoms with E-state index in [1.54, 1.807) is 12.1 Å². The number of benzene rings is 1. The van der Waals surface area contributed by atoms with Crippen molar-refractivity contribution in [3.8, 4) is 6.07 Å². The molecular formula is C21H18ClF2N5O. The zero-order chi connectivity index (χ0) is 21.5. The first-order chi connectivity index (χ1) is 14.3. The van der Waals surface area contributed by atoms with Crippen molar-refractivity contribution >= 4 is 28.5 Å². The van der Waals surface area contributed by atoms with Crippen LogP contribution in [-0.2, 0) is 17.9 Å². The number of fused-ring (bicyclic) bond motifs is 1. The molecule has 4 rings (SSSR count). The lowest BCUT2D eigenvalue weighted by atomic mass is 9.98. The van der Waals surface area contributed by atoms with Crippen LogP contribution >= 0.6 is 11.6 Å². The number of nitrogens with zero attached hydrogens (tertiary/aromatic N) is 4. The Balaban J connectivity index is 1.64. The van der Waals surface area contributed by atoms with Crippen LogP contribution in [0.25, 0.3) is 11.0 Å². The molecular weight excluding hydrogens is 412 g/mol. The summed E-state index contributed by atoms with van der Waals surface area (Å²) in [6, 6.07) is 9.93. The van der Waals surface area contributed by atoms with E-state index in [9.17, 15) is 19.1 Å². The fourth-order valence-electron chi connectivity index (χ4n) is 3.32. The lowest BCUT2D eigenvalue weighted by Gasteiger charge is -2.20. The number of aliphatic hydroxyl groups is 1. The third-order valence-corrected chi connectivity index (χ3v) is 5.64. The summed E-state index contributed by atoms with van der Waals surface area (Å²) in [5, 5.41) is 22.8. The van der Waals surface area contributed by atoms with Crippen LogP contribution in [0.4, 0.5) is 14.6 Å². The summed E-state index contributed by atoms with van der Waals surface area (Å²) in [6.07, 6.45) is 0.979. The van der Waals surface area contributed by atoms with Gasteiger partial charge in [-0.05, 0) is 37.5 Å².